The molecule has 0 atom stereocenters. The zero-order chi connectivity index (χ0) is 24.7. The molecule has 0 bridgehead atoms. The molecule has 0 aliphatic carbocycles. The molecule has 0 saturated carbocycles. The maximum atomic E-state index is 12.6. The van der Waals surface area contributed by atoms with Crippen LogP contribution >= 0.6 is 15.9 Å². The molecule has 5 rings (SSSR count). The number of ether oxygens (including phenoxy) is 1. The summed E-state index contributed by atoms with van der Waals surface area (Å²) in [7, 11) is 0. The molecule has 3 heterocycles. The van der Waals surface area contributed by atoms with E-state index in [9.17, 15) is 19.5 Å². The highest BCUT2D eigenvalue weighted by Gasteiger charge is 2.19. The standard InChI is InChI=1S/C23H21BrN6O5/c1-12-8-13(24)2-3-18(12)30-21(32)14(20(31)28-23(30)34)11-25-17-9-15-16(27-22(33)26-15)10-19(17)29-4-6-35-7-5-29/h2-3,8-11,32H,4-7H2,1H3,(H2,26,27,33)(H,28,31,34). The normalized spacial score (nSPS) is 14.3. The van der Waals surface area contributed by atoms with Crippen molar-refractivity contribution < 1.29 is 9.84 Å². The number of aliphatic imine (C=N–C) groups is 1. The molecule has 35 heavy (non-hydrogen) atoms. The zero-order valence-electron chi connectivity index (χ0n) is 18.6. The van der Waals surface area contributed by atoms with Crippen LogP contribution in [0.1, 0.15) is 11.1 Å². The van der Waals surface area contributed by atoms with Gasteiger partial charge >= 0.3 is 11.4 Å². The first kappa shape index (κ1) is 22.9. The van der Waals surface area contributed by atoms with Crippen LogP contribution in [0.25, 0.3) is 16.7 Å². The zero-order valence-corrected chi connectivity index (χ0v) is 20.2. The predicted octanol–water partition coefficient (Wildman–Crippen LogP) is 2.06. The number of nitrogens with one attached hydrogen (secondary N) is 3. The van der Waals surface area contributed by atoms with Gasteiger partial charge in [0.15, 0.2) is 0 Å². The summed E-state index contributed by atoms with van der Waals surface area (Å²) in [6, 6.07) is 8.68. The fourth-order valence-electron chi connectivity index (χ4n) is 4.10. The Kier molecular flexibility index (Phi) is 5.91. The summed E-state index contributed by atoms with van der Waals surface area (Å²) in [5, 5.41) is 10.9. The summed E-state index contributed by atoms with van der Waals surface area (Å²) in [5.41, 5.74) is 1.45. The van der Waals surface area contributed by atoms with Gasteiger partial charge in [-0.25, -0.2) is 14.2 Å². The minimum Gasteiger partial charge on any atom is -0.493 e. The molecule has 2 aromatic carbocycles. The second-order valence-corrected chi connectivity index (χ2v) is 9.00. The van der Waals surface area contributed by atoms with Crippen LogP contribution in [0.2, 0.25) is 0 Å². The summed E-state index contributed by atoms with van der Waals surface area (Å²) in [6.45, 7) is 4.13. The Bertz CT molecular complexity index is 1640. The van der Waals surface area contributed by atoms with Crippen molar-refractivity contribution in [2.45, 2.75) is 6.92 Å². The van der Waals surface area contributed by atoms with E-state index < -0.39 is 17.1 Å². The molecule has 1 fully saturated rings. The Labute approximate surface area is 205 Å². The van der Waals surface area contributed by atoms with Crippen molar-refractivity contribution in [3.63, 3.8) is 0 Å². The first-order valence-corrected chi connectivity index (χ1v) is 11.6. The van der Waals surface area contributed by atoms with Crippen molar-refractivity contribution >= 4 is 44.6 Å². The largest absolute Gasteiger partial charge is 0.493 e. The third-order valence-electron chi connectivity index (χ3n) is 5.82. The lowest BCUT2D eigenvalue weighted by atomic mass is 10.2. The van der Waals surface area contributed by atoms with Gasteiger partial charge in [-0.1, -0.05) is 15.9 Å². The number of aromatic hydroxyl groups is 1. The second kappa shape index (κ2) is 9.04. The molecule has 11 nitrogen and oxygen atoms in total. The van der Waals surface area contributed by atoms with Crippen LogP contribution in [0.15, 0.2) is 54.2 Å². The number of halogens is 1. The number of H-pyrrole nitrogens is 3. The number of aromatic amines is 3. The number of hydrogen-bond acceptors (Lipinski definition) is 7. The van der Waals surface area contributed by atoms with E-state index >= 15 is 0 Å². The van der Waals surface area contributed by atoms with Gasteiger partial charge in [0.2, 0.25) is 5.88 Å². The van der Waals surface area contributed by atoms with E-state index in [1.54, 1.807) is 37.3 Å². The van der Waals surface area contributed by atoms with Crippen LogP contribution in [0.5, 0.6) is 5.88 Å². The van der Waals surface area contributed by atoms with Crippen molar-refractivity contribution in [3.8, 4) is 11.6 Å². The first-order chi connectivity index (χ1) is 16.8. The molecular formula is C23H21BrN6O5. The lowest BCUT2D eigenvalue weighted by Gasteiger charge is -2.29. The second-order valence-electron chi connectivity index (χ2n) is 8.09. The lowest BCUT2D eigenvalue weighted by molar-refractivity contribution is 0.123. The van der Waals surface area contributed by atoms with Crippen molar-refractivity contribution in [3.05, 3.63) is 77.3 Å². The SMILES string of the molecule is Cc1cc(Br)ccc1-n1c(O)c(C=Nc2cc3[nH]c(=O)[nH]c3cc2N2CCOCC2)c(=O)[nH]c1=O. The third kappa shape index (κ3) is 4.33. The molecule has 4 N–H and O–H groups in total. The summed E-state index contributed by atoms with van der Waals surface area (Å²) in [4.78, 5) is 51.2. The minimum atomic E-state index is -0.772. The number of benzene rings is 2. The number of fused-ring (bicyclic) bond motifs is 1. The number of nitrogens with zero attached hydrogens (tertiary/aromatic N) is 3. The van der Waals surface area contributed by atoms with Gasteiger partial charge in [-0.2, -0.15) is 0 Å². The Balaban J connectivity index is 1.64. The van der Waals surface area contributed by atoms with Gasteiger partial charge in [-0.05, 0) is 42.8 Å². The molecule has 0 spiro atoms. The van der Waals surface area contributed by atoms with Crippen molar-refractivity contribution in [2.75, 3.05) is 31.2 Å². The highest BCUT2D eigenvalue weighted by Crippen LogP contribution is 2.33. The topological polar surface area (TPSA) is 149 Å². The third-order valence-corrected chi connectivity index (χ3v) is 6.31. The summed E-state index contributed by atoms with van der Waals surface area (Å²) < 4.78 is 7.28. The molecular weight excluding hydrogens is 520 g/mol. The monoisotopic (exact) mass is 540 g/mol. The summed E-state index contributed by atoms with van der Waals surface area (Å²) in [6.07, 6.45) is 1.22. The van der Waals surface area contributed by atoms with Crippen molar-refractivity contribution in [1.29, 1.82) is 0 Å². The van der Waals surface area contributed by atoms with Crippen molar-refractivity contribution in [2.24, 2.45) is 4.99 Å². The van der Waals surface area contributed by atoms with Gasteiger partial charge in [0.25, 0.3) is 5.56 Å². The van der Waals surface area contributed by atoms with E-state index in [1.165, 1.54) is 6.21 Å². The molecule has 0 amide bonds. The van der Waals surface area contributed by atoms with Gasteiger partial charge in [0, 0.05) is 23.8 Å². The number of imidazole rings is 1. The maximum Gasteiger partial charge on any atom is 0.335 e. The van der Waals surface area contributed by atoms with Crippen LogP contribution in [-0.2, 0) is 4.74 Å². The lowest BCUT2D eigenvalue weighted by Crippen LogP contribution is -2.36. The highest BCUT2D eigenvalue weighted by atomic mass is 79.9. The molecule has 1 aliphatic rings. The van der Waals surface area contributed by atoms with E-state index in [0.717, 1.165) is 14.7 Å². The Morgan fingerprint density at radius 2 is 1.74 bits per heavy atom. The average molecular weight is 541 g/mol. The molecule has 2 aromatic heterocycles. The first-order valence-electron chi connectivity index (χ1n) is 10.8. The number of rotatable bonds is 4. The van der Waals surface area contributed by atoms with Gasteiger partial charge in [-0.3, -0.25) is 14.8 Å². The van der Waals surface area contributed by atoms with E-state index in [-0.39, 0.29) is 11.3 Å². The van der Waals surface area contributed by atoms with Gasteiger partial charge in [0.1, 0.15) is 5.56 Å². The van der Waals surface area contributed by atoms with Gasteiger partial charge < -0.3 is 24.7 Å². The quantitative estimate of drug-likeness (QED) is 0.291. The Morgan fingerprint density at radius 1 is 1.03 bits per heavy atom. The fourth-order valence-corrected chi connectivity index (χ4v) is 4.58. The highest BCUT2D eigenvalue weighted by molar-refractivity contribution is 9.10. The number of aryl methyl sites for hydroxylation is 1. The van der Waals surface area contributed by atoms with Crippen LogP contribution in [0, 0.1) is 6.92 Å². The molecule has 4 aromatic rings. The maximum absolute atomic E-state index is 12.6. The van der Waals surface area contributed by atoms with Crippen LogP contribution in [0.3, 0.4) is 0 Å². The Morgan fingerprint density at radius 3 is 2.46 bits per heavy atom. The fraction of sp³-hybridized carbons (Fsp3) is 0.217. The number of anilines is 1. The molecule has 180 valence electrons. The van der Waals surface area contributed by atoms with E-state index in [0.29, 0.717) is 54.3 Å². The Hall–Kier alpha value is -3.90. The molecule has 1 saturated heterocycles. The van der Waals surface area contributed by atoms with Gasteiger partial charge in [-0.15, -0.1) is 0 Å². The molecule has 0 radical (unpaired) electrons. The number of morpholine rings is 1. The summed E-state index contributed by atoms with van der Waals surface area (Å²) >= 11 is 3.38. The number of aromatic nitrogens is 4. The van der Waals surface area contributed by atoms with E-state index in [2.05, 4.69) is 40.8 Å². The van der Waals surface area contributed by atoms with Gasteiger partial charge in [0.05, 0.1) is 41.3 Å². The van der Waals surface area contributed by atoms with Crippen LogP contribution < -0.4 is 21.8 Å². The van der Waals surface area contributed by atoms with E-state index in [4.69, 9.17) is 4.74 Å². The molecule has 0 unspecified atom stereocenters. The smallest absolute Gasteiger partial charge is 0.335 e. The van der Waals surface area contributed by atoms with E-state index in [1.807, 2.05) is 0 Å². The molecule has 12 heteroatoms. The van der Waals surface area contributed by atoms with Crippen molar-refractivity contribution in [1.82, 2.24) is 19.5 Å². The predicted molar refractivity (Wildman–Crippen MR) is 136 cm³/mol. The summed E-state index contributed by atoms with van der Waals surface area (Å²) in [5.74, 6) is -0.531. The number of hydrogen-bond donors (Lipinski definition) is 4. The average Bonchev–Trinajstić information content (AvgIpc) is 3.19. The van der Waals surface area contributed by atoms with Crippen LogP contribution in [-0.4, -0.2) is 57.1 Å². The van der Waals surface area contributed by atoms with Crippen LogP contribution in [0.4, 0.5) is 11.4 Å². The molecule has 1 aliphatic heterocycles. The minimum absolute atomic E-state index is 0.178.